The highest BCUT2D eigenvalue weighted by molar-refractivity contribution is 7.17. The van der Waals surface area contributed by atoms with Gasteiger partial charge in [0.1, 0.15) is 35.4 Å². The summed E-state index contributed by atoms with van der Waals surface area (Å²) in [6.45, 7) is 6.65. The van der Waals surface area contributed by atoms with E-state index < -0.39 is 12.0 Å². The molecule has 1 aromatic heterocycles. The first-order valence-corrected chi connectivity index (χ1v) is 14.7. The number of likely N-dealkylation sites (N-methyl/N-ethyl adjacent to an activating group) is 1. The van der Waals surface area contributed by atoms with Gasteiger partial charge >= 0.3 is 5.97 Å². The largest absolute Gasteiger partial charge is 0.494 e. The first-order chi connectivity index (χ1) is 20.2. The van der Waals surface area contributed by atoms with E-state index in [1.807, 2.05) is 73.6 Å². The van der Waals surface area contributed by atoms with Gasteiger partial charge in [0.2, 0.25) is 5.91 Å². The second-order valence-corrected chi connectivity index (χ2v) is 11.5. The van der Waals surface area contributed by atoms with Crippen LogP contribution in [0.5, 0.6) is 5.75 Å². The van der Waals surface area contributed by atoms with Gasteiger partial charge in [0, 0.05) is 35.2 Å². The number of carbonyl (C=O) groups excluding carboxylic acids is 1. The number of rotatable bonds is 11. The van der Waals surface area contributed by atoms with Gasteiger partial charge in [-0.3, -0.25) is 19.7 Å². The molecule has 10 nitrogen and oxygen atoms in total. The Morgan fingerprint density at radius 1 is 1.05 bits per heavy atom. The number of fused-ring (bicyclic) bond motifs is 3. The number of aryl methyl sites for hydroxylation is 1. The summed E-state index contributed by atoms with van der Waals surface area (Å²) in [5.74, 6) is 0.472. The average Bonchev–Trinajstić information content (AvgIpc) is 3.36. The lowest BCUT2D eigenvalue weighted by atomic mass is 9.99. The number of hydrogen-bond donors (Lipinski definition) is 2. The van der Waals surface area contributed by atoms with Crippen LogP contribution >= 0.6 is 11.3 Å². The van der Waals surface area contributed by atoms with Crippen LogP contribution in [0.25, 0.3) is 0 Å². The molecule has 2 N–H and O–H groups in total. The Kier molecular flexibility index (Phi) is 8.89. The number of carboxylic acids is 1. The van der Waals surface area contributed by atoms with Crippen molar-refractivity contribution < 1.29 is 24.2 Å². The predicted octanol–water partition coefficient (Wildman–Crippen LogP) is 4.89. The minimum absolute atomic E-state index is 0.110. The number of nitrogens with zero attached hydrogens (tertiary/aromatic N) is 4. The van der Waals surface area contributed by atoms with Gasteiger partial charge in [0.05, 0.1) is 25.3 Å². The maximum atomic E-state index is 13.3. The number of carbonyl (C=O) groups is 2. The first-order valence-electron chi connectivity index (χ1n) is 13.9. The van der Waals surface area contributed by atoms with Gasteiger partial charge in [0.15, 0.2) is 0 Å². The highest BCUT2D eigenvalue weighted by Gasteiger charge is 2.43. The molecule has 1 amide bonds. The lowest BCUT2D eigenvalue weighted by molar-refractivity contribution is -0.142. The van der Waals surface area contributed by atoms with Crippen LogP contribution in [0, 0.1) is 13.8 Å². The van der Waals surface area contributed by atoms with E-state index in [0.29, 0.717) is 25.4 Å². The Bertz CT molecular complexity index is 1500. The van der Waals surface area contributed by atoms with E-state index in [1.54, 1.807) is 11.3 Å². The third-order valence-corrected chi connectivity index (χ3v) is 8.47. The summed E-state index contributed by atoms with van der Waals surface area (Å²) in [5.41, 5.74) is 4.74. The molecule has 2 atom stereocenters. The summed E-state index contributed by atoms with van der Waals surface area (Å²) in [5, 5.41) is 19.4. The molecule has 220 valence electrons. The highest BCUT2D eigenvalue weighted by atomic mass is 32.1. The molecular weight excluding hydrogens is 554 g/mol. The Hall–Kier alpha value is -4.22. The smallest absolute Gasteiger partial charge is 0.329 e. The normalized spacial score (nSPS) is 17.6. The number of anilines is 2. The van der Waals surface area contributed by atoms with Gasteiger partial charge in [-0.15, -0.1) is 11.3 Å². The summed E-state index contributed by atoms with van der Waals surface area (Å²) in [4.78, 5) is 32.6. The Balaban J connectivity index is 1.43. The van der Waals surface area contributed by atoms with E-state index in [0.717, 1.165) is 38.9 Å². The third kappa shape index (κ3) is 6.32. The van der Waals surface area contributed by atoms with Crippen molar-refractivity contribution >= 4 is 45.4 Å². The lowest BCUT2D eigenvalue weighted by Gasteiger charge is -2.31. The molecule has 5 rings (SSSR count). The number of hydrazone groups is 1. The van der Waals surface area contributed by atoms with Crippen LogP contribution in [0.4, 0.5) is 10.7 Å². The Morgan fingerprint density at radius 3 is 2.50 bits per heavy atom. The summed E-state index contributed by atoms with van der Waals surface area (Å²) in [6.07, 6.45) is 0.521. The van der Waals surface area contributed by atoms with Crippen LogP contribution in [0.2, 0.25) is 0 Å². The fraction of sp³-hybridized carbons (Fsp3) is 0.355. The molecule has 0 fully saturated rings. The molecule has 0 bridgehead atoms. The van der Waals surface area contributed by atoms with E-state index in [4.69, 9.17) is 24.7 Å². The molecule has 0 spiro atoms. The van der Waals surface area contributed by atoms with Gasteiger partial charge in [-0.05, 0) is 62.7 Å². The maximum absolute atomic E-state index is 13.3. The number of ether oxygens (including phenoxy) is 2. The molecule has 2 aliphatic rings. The van der Waals surface area contributed by atoms with Crippen LogP contribution in [0.3, 0.4) is 0 Å². The number of hydrogen-bond acceptors (Lipinski definition) is 9. The van der Waals surface area contributed by atoms with E-state index in [1.165, 1.54) is 4.88 Å². The van der Waals surface area contributed by atoms with Crippen molar-refractivity contribution in [2.45, 2.75) is 45.8 Å². The summed E-state index contributed by atoms with van der Waals surface area (Å²) in [7, 11) is 1.93. The molecule has 42 heavy (non-hydrogen) atoms. The second-order valence-electron chi connectivity index (χ2n) is 10.3. The SMILES string of the molecule is CC1=NN(C)C2[C@H](CC(=O)Nc3ccccc3)N=C(c3ccc(OCCCOCC(=O)O)cc3)c3c(sc(C)c3C)N12. The van der Waals surface area contributed by atoms with Crippen LogP contribution in [0.1, 0.15) is 41.3 Å². The number of nitrogens with one attached hydrogen (secondary N) is 1. The van der Waals surface area contributed by atoms with E-state index >= 15 is 0 Å². The molecule has 3 aromatic rings. The van der Waals surface area contributed by atoms with Gasteiger partial charge in [-0.25, -0.2) is 4.79 Å². The van der Waals surface area contributed by atoms with Gasteiger partial charge in [-0.1, -0.05) is 18.2 Å². The monoisotopic (exact) mass is 589 g/mol. The quantitative estimate of drug-likeness (QED) is 0.306. The second kappa shape index (κ2) is 12.7. The minimum atomic E-state index is -0.985. The Labute approximate surface area is 249 Å². The number of carboxylic acid groups (broad SMARTS) is 1. The third-order valence-electron chi connectivity index (χ3n) is 7.27. The van der Waals surface area contributed by atoms with Crippen molar-refractivity contribution in [3.63, 3.8) is 0 Å². The molecule has 11 heteroatoms. The van der Waals surface area contributed by atoms with Crippen LogP contribution in [-0.4, -0.2) is 72.6 Å². The number of para-hydroxylation sites is 1. The van der Waals surface area contributed by atoms with Crippen LogP contribution in [0.15, 0.2) is 64.7 Å². The molecule has 2 aliphatic heterocycles. The maximum Gasteiger partial charge on any atom is 0.329 e. The van der Waals surface area contributed by atoms with E-state index in [-0.39, 0.29) is 25.1 Å². The molecule has 1 unspecified atom stereocenters. The summed E-state index contributed by atoms with van der Waals surface area (Å²) < 4.78 is 10.9. The average molecular weight is 590 g/mol. The first kappa shape index (κ1) is 29.3. The van der Waals surface area contributed by atoms with Crippen molar-refractivity contribution in [3.8, 4) is 5.75 Å². The molecule has 0 saturated heterocycles. The molecule has 3 heterocycles. The summed E-state index contributed by atoms with van der Waals surface area (Å²) >= 11 is 1.72. The van der Waals surface area contributed by atoms with Gasteiger partial charge < -0.3 is 19.9 Å². The lowest BCUT2D eigenvalue weighted by Crippen LogP contribution is -2.48. The number of aliphatic imine (C=N–C) groups is 1. The highest BCUT2D eigenvalue weighted by Crippen LogP contribution is 2.43. The summed E-state index contributed by atoms with van der Waals surface area (Å²) in [6, 6.07) is 16.9. The minimum Gasteiger partial charge on any atom is -0.494 e. The zero-order chi connectivity index (χ0) is 29.8. The number of aliphatic carboxylic acids is 1. The number of amidine groups is 1. The predicted molar refractivity (Wildman–Crippen MR) is 165 cm³/mol. The van der Waals surface area contributed by atoms with E-state index in [9.17, 15) is 9.59 Å². The zero-order valence-electron chi connectivity index (χ0n) is 24.2. The van der Waals surface area contributed by atoms with Crippen molar-refractivity contribution in [2.24, 2.45) is 10.1 Å². The molecule has 2 aromatic carbocycles. The topological polar surface area (TPSA) is 116 Å². The molecule has 0 saturated carbocycles. The fourth-order valence-electron chi connectivity index (χ4n) is 5.25. The number of thiophene rings is 1. The molecule has 0 radical (unpaired) electrons. The van der Waals surface area contributed by atoms with E-state index in [2.05, 4.69) is 24.1 Å². The van der Waals surface area contributed by atoms with Crippen molar-refractivity contribution in [1.29, 1.82) is 0 Å². The fourth-order valence-corrected chi connectivity index (χ4v) is 6.49. The van der Waals surface area contributed by atoms with Gasteiger partial charge in [-0.2, -0.15) is 5.10 Å². The Morgan fingerprint density at radius 2 is 1.79 bits per heavy atom. The van der Waals surface area contributed by atoms with Crippen LogP contribution in [-0.2, 0) is 14.3 Å². The molecular formula is C31H35N5O5S. The molecule has 0 aliphatic carbocycles. The number of benzene rings is 2. The van der Waals surface area contributed by atoms with Crippen molar-refractivity contribution in [1.82, 2.24) is 5.01 Å². The van der Waals surface area contributed by atoms with Crippen LogP contribution < -0.4 is 15.0 Å². The van der Waals surface area contributed by atoms with Crippen molar-refractivity contribution in [2.75, 3.05) is 37.1 Å². The van der Waals surface area contributed by atoms with Crippen molar-refractivity contribution in [3.05, 3.63) is 76.2 Å². The van der Waals surface area contributed by atoms with Gasteiger partial charge in [0.25, 0.3) is 0 Å². The standard InChI is InChI=1S/C31H35N5O5S/c1-19-20(2)42-31-28(19)29(22-11-13-24(14-12-22)41-16-8-15-40-18-27(38)39)33-25(30-35(4)34-21(3)36(30)31)17-26(37)32-23-9-6-5-7-10-23/h5-7,9-14,25,30H,8,15-18H2,1-4H3,(H,32,37)(H,38,39)/t25-,30?/m0/s1. The number of amides is 1. The zero-order valence-corrected chi connectivity index (χ0v) is 25.0.